The van der Waals surface area contributed by atoms with Crippen molar-refractivity contribution in [3.8, 4) is 22.4 Å². The average molecular weight is 398 g/mol. The van der Waals surface area contributed by atoms with Gasteiger partial charge in [-0.2, -0.15) is 5.10 Å². The summed E-state index contributed by atoms with van der Waals surface area (Å²) in [5, 5.41) is 5.64. The third-order valence-corrected chi connectivity index (χ3v) is 5.40. The van der Waals surface area contributed by atoms with E-state index in [1.807, 2.05) is 39.0 Å². The normalized spacial score (nSPS) is 11.3. The number of nitrogens with one attached hydrogen (secondary N) is 1. The molecule has 0 amide bonds. The minimum atomic E-state index is -0.182. The Bertz CT molecular complexity index is 1250. The molecule has 27 heavy (non-hydrogen) atoms. The van der Waals surface area contributed by atoms with Gasteiger partial charge in [-0.15, -0.1) is 0 Å². The Balaban J connectivity index is 2.04. The van der Waals surface area contributed by atoms with E-state index < -0.39 is 0 Å². The highest BCUT2D eigenvalue weighted by atomic mass is 35.5. The van der Waals surface area contributed by atoms with Gasteiger partial charge in [0, 0.05) is 17.2 Å². The van der Waals surface area contributed by atoms with Crippen molar-refractivity contribution < 1.29 is 0 Å². The first-order chi connectivity index (χ1) is 12.8. The van der Waals surface area contributed by atoms with Gasteiger partial charge in [-0.05, 0) is 44.0 Å². The second-order valence-electron chi connectivity index (χ2n) is 6.69. The van der Waals surface area contributed by atoms with Crippen LogP contribution in [0.4, 0.5) is 0 Å². The van der Waals surface area contributed by atoms with Crippen LogP contribution in [0.15, 0.2) is 47.3 Å². The van der Waals surface area contributed by atoms with E-state index in [0.29, 0.717) is 15.7 Å². The third kappa shape index (κ3) is 3.05. The number of fused-ring (bicyclic) bond motifs is 1. The molecule has 4 rings (SSSR count). The lowest BCUT2D eigenvalue weighted by Crippen LogP contribution is -2.10. The molecule has 0 saturated heterocycles. The van der Waals surface area contributed by atoms with Gasteiger partial charge >= 0.3 is 0 Å². The number of aryl methyl sites for hydroxylation is 3. The molecule has 0 fully saturated rings. The first-order valence-corrected chi connectivity index (χ1v) is 9.26. The minimum Gasteiger partial charge on any atom is -0.306 e. The number of nitrogens with zero attached hydrogens (tertiary/aromatic N) is 2. The molecule has 136 valence electrons. The Kier molecular flexibility index (Phi) is 4.33. The van der Waals surface area contributed by atoms with E-state index in [-0.39, 0.29) is 5.56 Å². The standard InChI is InChI=1S/C21H17Cl2N3O/c1-11-4-6-15(12(2)8-11)18-10-19(27)24-21-20(13(3)25-26(18)21)14-5-7-16(22)17(23)9-14/h4-10H,1-3H3,(H,24,27). The van der Waals surface area contributed by atoms with E-state index in [4.69, 9.17) is 28.3 Å². The van der Waals surface area contributed by atoms with Crippen LogP contribution in [0.3, 0.4) is 0 Å². The molecule has 1 N–H and O–H groups in total. The lowest BCUT2D eigenvalue weighted by molar-refractivity contribution is 0.917. The van der Waals surface area contributed by atoms with Crippen LogP contribution in [-0.2, 0) is 0 Å². The molecule has 0 aliphatic rings. The van der Waals surface area contributed by atoms with Crippen molar-refractivity contribution in [1.82, 2.24) is 14.6 Å². The van der Waals surface area contributed by atoms with Crippen molar-refractivity contribution >= 4 is 28.8 Å². The van der Waals surface area contributed by atoms with Crippen LogP contribution in [0.5, 0.6) is 0 Å². The van der Waals surface area contributed by atoms with Gasteiger partial charge in [0.2, 0.25) is 0 Å². The number of H-pyrrole nitrogens is 1. The van der Waals surface area contributed by atoms with Crippen LogP contribution in [0, 0.1) is 20.8 Å². The molecule has 6 heteroatoms. The Morgan fingerprint density at radius 3 is 2.44 bits per heavy atom. The summed E-state index contributed by atoms with van der Waals surface area (Å²) in [6.45, 7) is 5.99. The molecule has 0 aliphatic carbocycles. The molecule has 0 radical (unpaired) electrons. The molecule has 2 aromatic heterocycles. The van der Waals surface area contributed by atoms with Crippen LogP contribution in [-0.4, -0.2) is 14.6 Å². The second-order valence-corrected chi connectivity index (χ2v) is 7.50. The zero-order valence-corrected chi connectivity index (χ0v) is 16.6. The van der Waals surface area contributed by atoms with Crippen molar-refractivity contribution in [2.75, 3.05) is 0 Å². The average Bonchev–Trinajstić information content (AvgIpc) is 2.93. The summed E-state index contributed by atoms with van der Waals surface area (Å²) in [4.78, 5) is 15.3. The van der Waals surface area contributed by atoms with Gasteiger partial charge in [-0.1, -0.05) is 53.0 Å². The van der Waals surface area contributed by atoms with Gasteiger partial charge in [0.25, 0.3) is 5.56 Å². The maximum Gasteiger partial charge on any atom is 0.251 e. The van der Waals surface area contributed by atoms with E-state index in [9.17, 15) is 4.79 Å². The fourth-order valence-corrected chi connectivity index (χ4v) is 3.74. The Morgan fingerprint density at radius 2 is 1.74 bits per heavy atom. The summed E-state index contributed by atoms with van der Waals surface area (Å²) in [5.74, 6) is 0. The molecule has 4 nitrogen and oxygen atoms in total. The van der Waals surface area contributed by atoms with E-state index in [1.54, 1.807) is 22.7 Å². The fourth-order valence-electron chi connectivity index (χ4n) is 3.45. The highest BCUT2D eigenvalue weighted by Gasteiger charge is 2.17. The summed E-state index contributed by atoms with van der Waals surface area (Å²) < 4.78 is 1.78. The van der Waals surface area contributed by atoms with Gasteiger partial charge in [0.15, 0.2) is 0 Å². The van der Waals surface area contributed by atoms with Gasteiger partial charge < -0.3 is 4.98 Å². The minimum absolute atomic E-state index is 0.182. The number of benzene rings is 2. The number of halogens is 2. The Morgan fingerprint density at radius 1 is 0.963 bits per heavy atom. The van der Waals surface area contributed by atoms with Gasteiger partial charge in [0.1, 0.15) is 5.65 Å². The monoisotopic (exact) mass is 397 g/mol. The quantitative estimate of drug-likeness (QED) is 0.479. The van der Waals surface area contributed by atoms with Crippen LogP contribution < -0.4 is 5.56 Å². The zero-order chi connectivity index (χ0) is 19.3. The predicted octanol–water partition coefficient (Wildman–Crippen LogP) is 5.59. The number of aromatic nitrogens is 3. The van der Waals surface area contributed by atoms with E-state index in [0.717, 1.165) is 33.6 Å². The summed E-state index contributed by atoms with van der Waals surface area (Å²) in [6.07, 6.45) is 0. The Hall–Kier alpha value is -2.56. The fraction of sp³-hybridized carbons (Fsp3) is 0.143. The van der Waals surface area contributed by atoms with Crippen molar-refractivity contribution in [2.45, 2.75) is 20.8 Å². The number of hydrogen-bond donors (Lipinski definition) is 1. The maximum absolute atomic E-state index is 12.4. The molecule has 0 saturated carbocycles. The second kappa shape index (κ2) is 6.55. The third-order valence-electron chi connectivity index (χ3n) is 4.66. The van der Waals surface area contributed by atoms with Crippen LogP contribution in [0.1, 0.15) is 16.8 Å². The van der Waals surface area contributed by atoms with E-state index >= 15 is 0 Å². The highest BCUT2D eigenvalue weighted by Crippen LogP contribution is 2.33. The molecule has 0 aliphatic heterocycles. The molecule has 0 bridgehead atoms. The molecular weight excluding hydrogens is 381 g/mol. The summed E-state index contributed by atoms with van der Waals surface area (Å²) in [6, 6.07) is 13.1. The number of hydrogen-bond acceptors (Lipinski definition) is 2. The topological polar surface area (TPSA) is 50.2 Å². The van der Waals surface area contributed by atoms with E-state index in [1.165, 1.54) is 5.56 Å². The highest BCUT2D eigenvalue weighted by molar-refractivity contribution is 6.42. The summed E-state index contributed by atoms with van der Waals surface area (Å²) in [7, 11) is 0. The number of aromatic amines is 1. The zero-order valence-electron chi connectivity index (χ0n) is 15.1. The largest absolute Gasteiger partial charge is 0.306 e. The van der Waals surface area contributed by atoms with Crippen LogP contribution in [0.2, 0.25) is 10.0 Å². The predicted molar refractivity (Wildman–Crippen MR) is 111 cm³/mol. The van der Waals surface area contributed by atoms with E-state index in [2.05, 4.69) is 11.1 Å². The lowest BCUT2D eigenvalue weighted by Gasteiger charge is -2.09. The molecule has 0 unspecified atom stereocenters. The SMILES string of the molecule is Cc1ccc(-c2cc(=O)[nH]c3c(-c4ccc(Cl)c(Cl)c4)c(C)nn23)c(C)c1. The molecule has 4 aromatic rings. The van der Waals surface area contributed by atoms with Crippen LogP contribution >= 0.6 is 23.2 Å². The molecule has 0 spiro atoms. The summed E-state index contributed by atoms with van der Waals surface area (Å²) >= 11 is 12.2. The first kappa shape index (κ1) is 17.8. The Labute approximate surface area is 166 Å². The summed E-state index contributed by atoms with van der Waals surface area (Å²) in [5.41, 5.74) is 6.91. The smallest absolute Gasteiger partial charge is 0.251 e. The lowest BCUT2D eigenvalue weighted by atomic mass is 10.0. The van der Waals surface area contributed by atoms with Gasteiger partial charge in [-0.25, -0.2) is 4.52 Å². The molecule has 2 aromatic carbocycles. The van der Waals surface area contributed by atoms with Crippen molar-refractivity contribution in [3.05, 3.63) is 79.7 Å². The number of rotatable bonds is 2. The van der Waals surface area contributed by atoms with Crippen molar-refractivity contribution in [2.24, 2.45) is 0 Å². The van der Waals surface area contributed by atoms with Crippen molar-refractivity contribution in [1.29, 1.82) is 0 Å². The maximum atomic E-state index is 12.4. The molecule has 0 atom stereocenters. The van der Waals surface area contributed by atoms with Gasteiger partial charge in [-0.3, -0.25) is 4.79 Å². The van der Waals surface area contributed by atoms with Gasteiger partial charge in [0.05, 0.1) is 21.4 Å². The van der Waals surface area contributed by atoms with Crippen molar-refractivity contribution in [3.63, 3.8) is 0 Å². The van der Waals surface area contributed by atoms with Crippen LogP contribution in [0.25, 0.3) is 28.0 Å². The first-order valence-electron chi connectivity index (χ1n) is 8.51. The molecule has 2 heterocycles. The molecular formula is C21H17Cl2N3O.